The quantitative estimate of drug-likeness (QED) is 0.909. The number of aromatic nitrogens is 1. The van der Waals surface area contributed by atoms with Crippen LogP contribution in [-0.2, 0) is 4.74 Å². The molecule has 3 nitrogen and oxygen atoms in total. The zero-order valence-corrected chi connectivity index (χ0v) is 12.7. The molecule has 2 aromatic rings. The molecule has 1 aliphatic rings. The Balaban J connectivity index is 1.96. The van der Waals surface area contributed by atoms with Crippen molar-refractivity contribution in [1.29, 1.82) is 0 Å². The highest BCUT2D eigenvalue weighted by Crippen LogP contribution is 2.33. The number of benzene rings is 1. The molecule has 0 amide bonds. The fraction of sp³-hybridized carbons (Fsp3) is 0.500. The summed E-state index contributed by atoms with van der Waals surface area (Å²) in [6.45, 7) is 5.03. The first-order valence-corrected chi connectivity index (χ1v) is 8.05. The maximum absolute atomic E-state index is 5.53. The lowest BCUT2D eigenvalue weighted by atomic mass is 9.86. The second-order valence-electron chi connectivity index (χ2n) is 5.80. The van der Waals surface area contributed by atoms with Crippen LogP contribution in [0.15, 0.2) is 36.5 Å². The molecule has 1 aromatic heterocycles. The van der Waals surface area contributed by atoms with Crippen LogP contribution in [0.2, 0.25) is 0 Å². The van der Waals surface area contributed by atoms with Crippen molar-refractivity contribution in [2.24, 2.45) is 5.92 Å². The van der Waals surface area contributed by atoms with E-state index in [1.54, 1.807) is 0 Å². The summed E-state index contributed by atoms with van der Waals surface area (Å²) in [6, 6.07) is 11.1. The van der Waals surface area contributed by atoms with Gasteiger partial charge in [0.15, 0.2) is 0 Å². The summed E-state index contributed by atoms with van der Waals surface area (Å²) in [6.07, 6.45) is 5.31. The van der Waals surface area contributed by atoms with Gasteiger partial charge in [0.1, 0.15) is 0 Å². The summed E-state index contributed by atoms with van der Waals surface area (Å²) in [5.41, 5.74) is 2.48. The van der Waals surface area contributed by atoms with Crippen LogP contribution in [0.25, 0.3) is 10.9 Å². The van der Waals surface area contributed by atoms with Gasteiger partial charge in [-0.2, -0.15) is 0 Å². The SMILES string of the molecule is CCCNC(c1cccc2cccnc12)C1CCOCC1. The van der Waals surface area contributed by atoms with Gasteiger partial charge in [0, 0.05) is 30.8 Å². The number of ether oxygens (including phenoxy) is 1. The lowest BCUT2D eigenvalue weighted by Gasteiger charge is -2.32. The molecular formula is C18H24N2O. The van der Waals surface area contributed by atoms with E-state index in [2.05, 4.69) is 41.5 Å². The standard InChI is InChI=1S/C18H24N2O/c1-2-10-19-18(15-8-12-21-13-9-15)16-7-3-5-14-6-4-11-20-17(14)16/h3-7,11,15,18-19H,2,8-10,12-13H2,1H3. The molecule has 1 aromatic carbocycles. The van der Waals surface area contributed by atoms with E-state index in [0.717, 1.165) is 44.5 Å². The predicted molar refractivity (Wildman–Crippen MR) is 86.3 cm³/mol. The Morgan fingerprint density at radius 1 is 1.24 bits per heavy atom. The zero-order valence-electron chi connectivity index (χ0n) is 12.7. The van der Waals surface area contributed by atoms with Crippen LogP contribution in [0.1, 0.15) is 37.8 Å². The normalized spacial score (nSPS) is 18.0. The summed E-state index contributed by atoms with van der Waals surface area (Å²) in [5.74, 6) is 0.637. The van der Waals surface area contributed by atoms with Crippen molar-refractivity contribution in [2.45, 2.75) is 32.2 Å². The molecule has 1 N–H and O–H groups in total. The van der Waals surface area contributed by atoms with Gasteiger partial charge < -0.3 is 10.1 Å². The minimum atomic E-state index is 0.382. The van der Waals surface area contributed by atoms with E-state index in [1.807, 2.05) is 12.3 Å². The Kier molecular flexibility index (Phi) is 4.84. The average Bonchev–Trinajstić information content (AvgIpc) is 2.56. The van der Waals surface area contributed by atoms with Gasteiger partial charge >= 0.3 is 0 Å². The number of fused-ring (bicyclic) bond motifs is 1. The number of nitrogens with zero attached hydrogens (tertiary/aromatic N) is 1. The van der Waals surface area contributed by atoms with Crippen molar-refractivity contribution in [3.63, 3.8) is 0 Å². The molecule has 0 spiro atoms. The van der Waals surface area contributed by atoms with Crippen molar-refractivity contribution in [1.82, 2.24) is 10.3 Å². The molecule has 1 atom stereocenters. The van der Waals surface area contributed by atoms with Gasteiger partial charge in [-0.15, -0.1) is 0 Å². The minimum Gasteiger partial charge on any atom is -0.381 e. The van der Waals surface area contributed by atoms with Gasteiger partial charge in [0.05, 0.1) is 5.52 Å². The molecule has 3 rings (SSSR count). The Labute approximate surface area is 126 Å². The van der Waals surface area contributed by atoms with Crippen LogP contribution < -0.4 is 5.32 Å². The fourth-order valence-corrected chi connectivity index (χ4v) is 3.26. The Morgan fingerprint density at radius 2 is 2.05 bits per heavy atom. The summed E-state index contributed by atoms with van der Waals surface area (Å²) in [5, 5.41) is 4.98. The van der Waals surface area contributed by atoms with Crippen LogP contribution in [0.4, 0.5) is 0 Å². The van der Waals surface area contributed by atoms with E-state index in [0.29, 0.717) is 12.0 Å². The van der Waals surface area contributed by atoms with Crippen molar-refractivity contribution < 1.29 is 4.74 Å². The molecule has 1 fully saturated rings. The van der Waals surface area contributed by atoms with Gasteiger partial charge in [-0.05, 0) is 43.4 Å². The Bertz CT molecular complexity index is 573. The zero-order chi connectivity index (χ0) is 14.5. The first kappa shape index (κ1) is 14.5. The highest BCUT2D eigenvalue weighted by Gasteiger charge is 2.26. The minimum absolute atomic E-state index is 0.382. The Morgan fingerprint density at radius 3 is 2.86 bits per heavy atom. The molecule has 3 heteroatoms. The molecule has 0 saturated carbocycles. The van der Waals surface area contributed by atoms with Crippen molar-refractivity contribution in [2.75, 3.05) is 19.8 Å². The first-order valence-electron chi connectivity index (χ1n) is 8.05. The van der Waals surface area contributed by atoms with Gasteiger partial charge in [-0.3, -0.25) is 4.98 Å². The van der Waals surface area contributed by atoms with Gasteiger partial charge in [-0.25, -0.2) is 0 Å². The summed E-state index contributed by atoms with van der Waals surface area (Å²) >= 11 is 0. The molecule has 112 valence electrons. The maximum Gasteiger partial charge on any atom is 0.0749 e. The second-order valence-corrected chi connectivity index (χ2v) is 5.80. The molecular weight excluding hydrogens is 260 g/mol. The number of rotatable bonds is 5. The first-order chi connectivity index (χ1) is 10.4. The number of nitrogens with one attached hydrogen (secondary N) is 1. The lowest BCUT2D eigenvalue weighted by Crippen LogP contribution is -2.32. The molecule has 21 heavy (non-hydrogen) atoms. The summed E-state index contributed by atoms with van der Waals surface area (Å²) < 4.78 is 5.53. The van der Waals surface area contributed by atoms with Crippen LogP contribution in [0, 0.1) is 5.92 Å². The van der Waals surface area contributed by atoms with Crippen LogP contribution >= 0.6 is 0 Å². The monoisotopic (exact) mass is 284 g/mol. The number of para-hydroxylation sites is 1. The second kappa shape index (κ2) is 7.01. The van der Waals surface area contributed by atoms with Crippen molar-refractivity contribution in [3.05, 3.63) is 42.1 Å². The smallest absolute Gasteiger partial charge is 0.0749 e. The van der Waals surface area contributed by atoms with Gasteiger partial charge in [0.2, 0.25) is 0 Å². The predicted octanol–water partition coefficient (Wildman–Crippen LogP) is 3.70. The molecule has 0 bridgehead atoms. The highest BCUT2D eigenvalue weighted by atomic mass is 16.5. The van der Waals surface area contributed by atoms with Crippen LogP contribution in [0.3, 0.4) is 0 Å². The number of hydrogen-bond acceptors (Lipinski definition) is 3. The molecule has 1 aliphatic heterocycles. The van der Waals surface area contributed by atoms with E-state index in [9.17, 15) is 0 Å². The van der Waals surface area contributed by atoms with E-state index < -0.39 is 0 Å². The third-order valence-electron chi connectivity index (χ3n) is 4.35. The molecule has 2 heterocycles. The van der Waals surface area contributed by atoms with Crippen LogP contribution in [-0.4, -0.2) is 24.7 Å². The van der Waals surface area contributed by atoms with Gasteiger partial charge in [-0.1, -0.05) is 31.2 Å². The number of hydrogen-bond donors (Lipinski definition) is 1. The summed E-state index contributed by atoms with van der Waals surface area (Å²) in [4.78, 5) is 4.63. The molecule has 0 aliphatic carbocycles. The maximum atomic E-state index is 5.53. The van der Waals surface area contributed by atoms with Gasteiger partial charge in [0.25, 0.3) is 0 Å². The van der Waals surface area contributed by atoms with E-state index in [4.69, 9.17) is 4.74 Å². The third kappa shape index (κ3) is 3.25. The highest BCUT2D eigenvalue weighted by molar-refractivity contribution is 5.82. The molecule has 0 radical (unpaired) electrons. The topological polar surface area (TPSA) is 34.2 Å². The lowest BCUT2D eigenvalue weighted by molar-refractivity contribution is 0.0538. The molecule has 1 saturated heterocycles. The average molecular weight is 284 g/mol. The van der Waals surface area contributed by atoms with E-state index in [-0.39, 0.29) is 0 Å². The van der Waals surface area contributed by atoms with E-state index in [1.165, 1.54) is 10.9 Å². The van der Waals surface area contributed by atoms with E-state index >= 15 is 0 Å². The van der Waals surface area contributed by atoms with Crippen molar-refractivity contribution in [3.8, 4) is 0 Å². The van der Waals surface area contributed by atoms with Crippen LogP contribution in [0.5, 0.6) is 0 Å². The summed E-state index contributed by atoms with van der Waals surface area (Å²) in [7, 11) is 0. The molecule has 1 unspecified atom stereocenters. The largest absolute Gasteiger partial charge is 0.381 e. The number of pyridine rings is 1. The fourth-order valence-electron chi connectivity index (χ4n) is 3.26. The Hall–Kier alpha value is -1.45. The third-order valence-corrected chi connectivity index (χ3v) is 4.35. The van der Waals surface area contributed by atoms with Crippen molar-refractivity contribution >= 4 is 10.9 Å².